The quantitative estimate of drug-likeness (QED) is 0.860. The zero-order chi connectivity index (χ0) is 13.0. The Balaban J connectivity index is 2.07. The molecule has 0 radical (unpaired) electrons. The summed E-state index contributed by atoms with van der Waals surface area (Å²) in [5.41, 5.74) is 0.386. The van der Waals surface area contributed by atoms with E-state index in [0.29, 0.717) is 11.3 Å². The van der Waals surface area contributed by atoms with E-state index in [1.54, 1.807) is 24.7 Å². The molecule has 0 saturated heterocycles. The molecule has 0 aliphatic rings. The van der Waals surface area contributed by atoms with Gasteiger partial charge in [-0.3, -0.25) is 4.98 Å². The zero-order valence-electron chi connectivity index (χ0n) is 9.21. The van der Waals surface area contributed by atoms with Crippen LogP contribution in [0.3, 0.4) is 0 Å². The molecule has 1 aromatic heterocycles. The Morgan fingerprint density at radius 1 is 1.39 bits per heavy atom. The average Bonchev–Trinajstić information content (AvgIpc) is 2.37. The van der Waals surface area contributed by atoms with Crippen molar-refractivity contribution in [3.8, 4) is 0 Å². The Kier molecular flexibility index (Phi) is 3.88. The number of hydrogen-bond acceptors (Lipinski definition) is 4. The van der Waals surface area contributed by atoms with E-state index in [9.17, 15) is 9.18 Å². The maximum absolute atomic E-state index is 13.4. The predicted molar refractivity (Wildman–Crippen MR) is 65.0 cm³/mol. The SMILES string of the molecule is O=C(O)c1ccc(CSc2cnccn2)cc1F. The summed E-state index contributed by atoms with van der Waals surface area (Å²) in [6, 6.07) is 4.09. The van der Waals surface area contributed by atoms with E-state index in [1.165, 1.54) is 23.9 Å². The Hall–Kier alpha value is -1.95. The maximum atomic E-state index is 13.4. The summed E-state index contributed by atoms with van der Waals surface area (Å²) in [5.74, 6) is -1.48. The molecule has 2 rings (SSSR count). The van der Waals surface area contributed by atoms with Gasteiger partial charge in [0.15, 0.2) is 0 Å². The van der Waals surface area contributed by atoms with E-state index >= 15 is 0 Å². The minimum Gasteiger partial charge on any atom is -0.478 e. The Labute approximate surface area is 107 Å². The number of benzene rings is 1. The van der Waals surface area contributed by atoms with Crippen LogP contribution >= 0.6 is 11.8 Å². The fourth-order valence-corrected chi connectivity index (χ4v) is 2.10. The van der Waals surface area contributed by atoms with Crippen LogP contribution in [0.4, 0.5) is 4.39 Å². The van der Waals surface area contributed by atoms with Gasteiger partial charge in [-0.15, -0.1) is 11.8 Å². The molecule has 0 amide bonds. The number of carbonyl (C=O) groups is 1. The number of halogens is 1. The van der Waals surface area contributed by atoms with Gasteiger partial charge in [-0.05, 0) is 17.7 Å². The molecule has 18 heavy (non-hydrogen) atoms. The number of thioether (sulfide) groups is 1. The van der Waals surface area contributed by atoms with Crippen molar-refractivity contribution in [1.82, 2.24) is 9.97 Å². The first-order valence-corrected chi connectivity index (χ1v) is 6.06. The van der Waals surface area contributed by atoms with Gasteiger partial charge >= 0.3 is 5.97 Å². The third-order valence-electron chi connectivity index (χ3n) is 2.19. The lowest BCUT2D eigenvalue weighted by Gasteiger charge is -2.03. The second kappa shape index (κ2) is 5.59. The second-order valence-electron chi connectivity index (χ2n) is 3.45. The van der Waals surface area contributed by atoms with Gasteiger partial charge in [-0.2, -0.15) is 0 Å². The monoisotopic (exact) mass is 264 g/mol. The zero-order valence-corrected chi connectivity index (χ0v) is 10.0. The van der Waals surface area contributed by atoms with Crippen LogP contribution in [0.15, 0.2) is 41.8 Å². The van der Waals surface area contributed by atoms with Crippen molar-refractivity contribution in [2.24, 2.45) is 0 Å². The highest BCUT2D eigenvalue weighted by molar-refractivity contribution is 7.98. The van der Waals surface area contributed by atoms with Crippen molar-refractivity contribution in [3.05, 3.63) is 53.7 Å². The van der Waals surface area contributed by atoms with Crippen LogP contribution in [0.2, 0.25) is 0 Å². The van der Waals surface area contributed by atoms with Gasteiger partial charge in [0.2, 0.25) is 0 Å². The van der Waals surface area contributed by atoms with Crippen LogP contribution < -0.4 is 0 Å². The average molecular weight is 264 g/mol. The summed E-state index contributed by atoms with van der Waals surface area (Å²) in [5, 5.41) is 9.44. The summed E-state index contributed by atoms with van der Waals surface area (Å²) < 4.78 is 13.4. The van der Waals surface area contributed by atoms with Gasteiger partial charge in [-0.25, -0.2) is 14.2 Å². The molecule has 0 aliphatic heterocycles. The number of carboxylic acids is 1. The molecule has 0 atom stereocenters. The molecule has 6 heteroatoms. The normalized spacial score (nSPS) is 10.3. The van der Waals surface area contributed by atoms with Crippen molar-refractivity contribution in [2.45, 2.75) is 10.8 Å². The standard InChI is InChI=1S/C12H9FN2O2S/c13-10-5-8(1-2-9(10)12(16)17)7-18-11-6-14-3-4-15-11/h1-6H,7H2,(H,16,17). The lowest BCUT2D eigenvalue weighted by Crippen LogP contribution is -2.00. The van der Waals surface area contributed by atoms with Gasteiger partial charge in [0, 0.05) is 18.1 Å². The summed E-state index contributed by atoms with van der Waals surface area (Å²) in [4.78, 5) is 18.6. The fourth-order valence-electron chi connectivity index (χ4n) is 1.34. The van der Waals surface area contributed by atoms with Gasteiger partial charge in [0.05, 0.1) is 11.8 Å². The first-order valence-electron chi connectivity index (χ1n) is 5.07. The molecule has 0 fully saturated rings. The molecular formula is C12H9FN2O2S. The first-order chi connectivity index (χ1) is 8.66. The number of nitrogens with zero attached hydrogens (tertiary/aromatic N) is 2. The molecule has 4 nitrogen and oxygen atoms in total. The highest BCUT2D eigenvalue weighted by atomic mass is 32.2. The van der Waals surface area contributed by atoms with E-state index < -0.39 is 11.8 Å². The van der Waals surface area contributed by atoms with Gasteiger partial charge in [0.1, 0.15) is 10.8 Å². The van der Waals surface area contributed by atoms with Gasteiger partial charge < -0.3 is 5.11 Å². The van der Waals surface area contributed by atoms with E-state index in [-0.39, 0.29) is 5.56 Å². The third-order valence-corrected chi connectivity index (χ3v) is 3.17. The lowest BCUT2D eigenvalue weighted by molar-refractivity contribution is 0.0692. The molecule has 0 saturated carbocycles. The molecule has 1 aromatic carbocycles. The van der Waals surface area contributed by atoms with Crippen LogP contribution in [0.25, 0.3) is 0 Å². The number of carboxylic acid groups (broad SMARTS) is 1. The largest absolute Gasteiger partial charge is 0.478 e. The Bertz CT molecular complexity index is 563. The van der Waals surface area contributed by atoms with Crippen LogP contribution in [-0.2, 0) is 5.75 Å². The highest BCUT2D eigenvalue weighted by Gasteiger charge is 2.10. The number of hydrogen-bond donors (Lipinski definition) is 1. The molecule has 1 heterocycles. The summed E-state index contributed by atoms with van der Waals surface area (Å²) >= 11 is 1.41. The molecule has 0 unspecified atom stereocenters. The summed E-state index contributed by atoms with van der Waals surface area (Å²) in [6.07, 6.45) is 4.77. The van der Waals surface area contributed by atoms with Crippen molar-refractivity contribution in [3.63, 3.8) is 0 Å². The smallest absolute Gasteiger partial charge is 0.338 e. The van der Waals surface area contributed by atoms with Gasteiger partial charge in [-0.1, -0.05) is 6.07 Å². The minimum atomic E-state index is -1.26. The molecule has 0 aliphatic carbocycles. The van der Waals surface area contributed by atoms with Crippen LogP contribution in [-0.4, -0.2) is 21.0 Å². The minimum absolute atomic E-state index is 0.316. The van der Waals surface area contributed by atoms with E-state index in [1.807, 2.05) is 0 Å². The molecule has 2 aromatic rings. The van der Waals surface area contributed by atoms with Crippen LogP contribution in [0.1, 0.15) is 15.9 Å². The van der Waals surface area contributed by atoms with E-state index in [4.69, 9.17) is 5.11 Å². The lowest BCUT2D eigenvalue weighted by atomic mass is 10.1. The van der Waals surface area contributed by atoms with Crippen molar-refractivity contribution in [1.29, 1.82) is 0 Å². The van der Waals surface area contributed by atoms with Crippen molar-refractivity contribution < 1.29 is 14.3 Å². The molecule has 0 bridgehead atoms. The summed E-state index contributed by atoms with van der Waals surface area (Å²) in [7, 11) is 0. The topological polar surface area (TPSA) is 63.1 Å². The molecular weight excluding hydrogens is 255 g/mol. The number of rotatable bonds is 4. The molecule has 1 N–H and O–H groups in total. The van der Waals surface area contributed by atoms with Crippen molar-refractivity contribution in [2.75, 3.05) is 0 Å². The number of aromatic carboxylic acids is 1. The summed E-state index contributed by atoms with van der Waals surface area (Å²) in [6.45, 7) is 0. The maximum Gasteiger partial charge on any atom is 0.338 e. The predicted octanol–water partition coefficient (Wildman–Crippen LogP) is 2.61. The Morgan fingerprint density at radius 3 is 2.83 bits per heavy atom. The van der Waals surface area contributed by atoms with Gasteiger partial charge in [0.25, 0.3) is 0 Å². The molecule has 92 valence electrons. The highest BCUT2D eigenvalue weighted by Crippen LogP contribution is 2.21. The molecule has 0 spiro atoms. The van der Waals surface area contributed by atoms with E-state index in [0.717, 1.165) is 5.03 Å². The van der Waals surface area contributed by atoms with Crippen LogP contribution in [0, 0.1) is 5.82 Å². The Morgan fingerprint density at radius 2 is 2.22 bits per heavy atom. The van der Waals surface area contributed by atoms with Crippen molar-refractivity contribution >= 4 is 17.7 Å². The fraction of sp³-hybridized carbons (Fsp3) is 0.0833. The number of aromatic nitrogens is 2. The van der Waals surface area contributed by atoms with Crippen LogP contribution in [0.5, 0.6) is 0 Å². The van der Waals surface area contributed by atoms with E-state index in [2.05, 4.69) is 9.97 Å². The third kappa shape index (κ3) is 3.04. The first kappa shape index (κ1) is 12.5. The second-order valence-corrected chi connectivity index (χ2v) is 4.45.